The van der Waals surface area contributed by atoms with E-state index in [-0.39, 0.29) is 11.9 Å². The van der Waals surface area contributed by atoms with Crippen LogP contribution in [0.25, 0.3) is 0 Å². The topological polar surface area (TPSA) is 35.5 Å². The molecule has 0 aromatic carbocycles. The van der Waals surface area contributed by atoms with E-state index in [2.05, 4.69) is 11.8 Å². The maximum absolute atomic E-state index is 11.3. The second-order valence-electron chi connectivity index (χ2n) is 3.12. The Morgan fingerprint density at radius 2 is 2.33 bits per heavy atom. The normalized spacial score (nSPS) is 22.9. The predicted octanol–water partition coefficient (Wildman–Crippen LogP) is 1.86. The van der Waals surface area contributed by atoms with Gasteiger partial charge < -0.3 is 0 Å². The molecule has 3 nitrogen and oxygen atoms in total. The predicted molar refractivity (Wildman–Crippen MR) is 44.6 cm³/mol. The van der Waals surface area contributed by atoms with Crippen LogP contribution >= 0.6 is 0 Å². The molecule has 0 aromatic heterocycles. The Morgan fingerprint density at radius 3 is 2.92 bits per heavy atom. The van der Waals surface area contributed by atoms with Crippen molar-refractivity contribution in [2.75, 3.05) is 6.61 Å². The average molecular weight is 172 g/mol. The molecule has 3 heteroatoms. The van der Waals surface area contributed by atoms with Gasteiger partial charge in [-0.1, -0.05) is 19.8 Å². The van der Waals surface area contributed by atoms with Crippen LogP contribution in [0.1, 0.15) is 39.0 Å². The van der Waals surface area contributed by atoms with E-state index < -0.39 is 0 Å². The van der Waals surface area contributed by atoms with Crippen LogP contribution in [0.5, 0.6) is 0 Å². The molecule has 0 aromatic rings. The zero-order chi connectivity index (χ0) is 8.81. The molecule has 0 N–H and O–H groups in total. The smallest absolute Gasteiger partial charge is 0.164 e. The number of Topliss-reactive ketones (excluding diaryl/α,β-unsaturated/α-hetero) is 1. The zero-order valence-electron chi connectivity index (χ0n) is 7.54. The summed E-state index contributed by atoms with van der Waals surface area (Å²) in [5.74, 6) is 0.195. The molecular formula is C9H16O3. The zero-order valence-corrected chi connectivity index (χ0v) is 7.54. The van der Waals surface area contributed by atoms with E-state index in [1.165, 1.54) is 0 Å². The molecule has 1 fully saturated rings. The van der Waals surface area contributed by atoms with Gasteiger partial charge in [-0.05, 0) is 6.42 Å². The summed E-state index contributed by atoms with van der Waals surface area (Å²) in [5, 5.41) is 0. The first-order chi connectivity index (χ1) is 5.84. The summed E-state index contributed by atoms with van der Waals surface area (Å²) in [6, 6.07) is 0. The van der Waals surface area contributed by atoms with Gasteiger partial charge in [-0.2, -0.15) is 0 Å². The molecule has 1 aliphatic heterocycles. The van der Waals surface area contributed by atoms with Gasteiger partial charge in [0.05, 0.1) is 6.61 Å². The summed E-state index contributed by atoms with van der Waals surface area (Å²) < 4.78 is 0. The van der Waals surface area contributed by atoms with Crippen molar-refractivity contribution in [1.82, 2.24) is 0 Å². The van der Waals surface area contributed by atoms with Crippen molar-refractivity contribution < 1.29 is 14.6 Å². The van der Waals surface area contributed by atoms with E-state index in [0.29, 0.717) is 13.0 Å². The molecule has 0 aliphatic carbocycles. The van der Waals surface area contributed by atoms with Crippen molar-refractivity contribution in [3.63, 3.8) is 0 Å². The summed E-state index contributed by atoms with van der Waals surface area (Å²) in [6.45, 7) is 2.68. The first kappa shape index (κ1) is 9.68. The lowest BCUT2D eigenvalue weighted by molar-refractivity contribution is -0.268. The number of hydrogen-bond donors (Lipinski definition) is 0. The molecule has 0 saturated carbocycles. The largest absolute Gasteiger partial charge is 0.297 e. The molecule has 0 spiro atoms. The van der Waals surface area contributed by atoms with Gasteiger partial charge in [0.25, 0.3) is 0 Å². The molecule has 0 bridgehead atoms. The summed E-state index contributed by atoms with van der Waals surface area (Å²) in [5.41, 5.74) is 0. The van der Waals surface area contributed by atoms with E-state index in [1.807, 2.05) is 0 Å². The van der Waals surface area contributed by atoms with Gasteiger partial charge in [0.15, 0.2) is 11.9 Å². The molecule has 12 heavy (non-hydrogen) atoms. The fraction of sp³-hybridized carbons (Fsp3) is 0.889. The Morgan fingerprint density at radius 1 is 1.50 bits per heavy atom. The standard InChI is InChI=1S/C9H16O3/c1-2-3-4-5-8(10)9-6-7-11-12-9/h9H,2-7H2,1H3. The van der Waals surface area contributed by atoms with Crippen molar-refractivity contribution in [3.05, 3.63) is 0 Å². The van der Waals surface area contributed by atoms with E-state index in [4.69, 9.17) is 4.89 Å². The Labute approximate surface area is 73.0 Å². The van der Waals surface area contributed by atoms with Crippen LogP contribution in [0.2, 0.25) is 0 Å². The van der Waals surface area contributed by atoms with Crippen molar-refractivity contribution in [1.29, 1.82) is 0 Å². The molecule has 1 saturated heterocycles. The highest BCUT2D eigenvalue weighted by atomic mass is 17.2. The number of carbonyl (C=O) groups excluding carboxylic acids is 1. The lowest BCUT2D eigenvalue weighted by atomic mass is 10.1. The molecule has 0 amide bonds. The van der Waals surface area contributed by atoms with Gasteiger partial charge in [0.1, 0.15) is 0 Å². The third kappa shape index (κ3) is 2.91. The van der Waals surface area contributed by atoms with Crippen molar-refractivity contribution >= 4 is 5.78 Å². The first-order valence-corrected chi connectivity index (χ1v) is 4.65. The summed E-state index contributed by atoms with van der Waals surface area (Å²) in [4.78, 5) is 20.8. The number of hydrogen-bond acceptors (Lipinski definition) is 3. The second kappa shape index (κ2) is 5.27. The molecule has 70 valence electrons. The minimum absolute atomic E-state index is 0.195. The van der Waals surface area contributed by atoms with Gasteiger partial charge in [0.2, 0.25) is 0 Å². The fourth-order valence-corrected chi connectivity index (χ4v) is 1.26. The molecular weight excluding hydrogens is 156 g/mol. The molecule has 1 atom stereocenters. The summed E-state index contributed by atoms with van der Waals surface area (Å²) >= 11 is 0. The molecule has 1 unspecified atom stereocenters. The highest BCUT2D eigenvalue weighted by Crippen LogP contribution is 2.13. The average Bonchev–Trinajstić information content (AvgIpc) is 2.56. The molecule has 0 radical (unpaired) electrons. The fourth-order valence-electron chi connectivity index (χ4n) is 1.26. The van der Waals surface area contributed by atoms with Crippen LogP contribution in [0.15, 0.2) is 0 Å². The number of rotatable bonds is 5. The molecule has 1 rings (SSSR count). The van der Waals surface area contributed by atoms with Gasteiger partial charge >= 0.3 is 0 Å². The second-order valence-corrected chi connectivity index (χ2v) is 3.12. The Kier molecular flexibility index (Phi) is 4.25. The SMILES string of the molecule is CCCCCC(=O)C1CCOO1. The quantitative estimate of drug-likeness (QED) is 0.469. The molecule has 1 aliphatic rings. The highest BCUT2D eigenvalue weighted by Gasteiger charge is 2.24. The van der Waals surface area contributed by atoms with Crippen LogP contribution in [0.4, 0.5) is 0 Å². The third-order valence-electron chi connectivity index (χ3n) is 2.03. The highest BCUT2D eigenvalue weighted by molar-refractivity contribution is 5.83. The van der Waals surface area contributed by atoms with Crippen molar-refractivity contribution in [2.45, 2.75) is 45.1 Å². The third-order valence-corrected chi connectivity index (χ3v) is 2.03. The minimum Gasteiger partial charge on any atom is -0.297 e. The van der Waals surface area contributed by atoms with Gasteiger partial charge in [0, 0.05) is 12.8 Å². The van der Waals surface area contributed by atoms with Crippen molar-refractivity contribution in [2.24, 2.45) is 0 Å². The number of ketones is 1. The maximum atomic E-state index is 11.3. The first-order valence-electron chi connectivity index (χ1n) is 4.65. The lowest BCUT2D eigenvalue weighted by Gasteiger charge is -2.04. The summed E-state index contributed by atoms with van der Waals surface area (Å²) in [7, 11) is 0. The Hall–Kier alpha value is -0.410. The maximum Gasteiger partial charge on any atom is 0.164 e. The van der Waals surface area contributed by atoms with Gasteiger partial charge in [-0.15, -0.1) is 0 Å². The lowest BCUT2D eigenvalue weighted by Crippen LogP contribution is -2.18. The van der Waals surface area contributed by atoms with Crippen molar-refractivity contribution in [3.8, 4) is 0 Å². The Balaban J connectivity index is 2.10. The van der Waals surface area contributed by atoms with Gasteiger partial charge in [-0.3, -0.25) is 4.79 Å². The molecule has 1 heterocycles. The van der Waals surface area contributed by atoms with E-state index in [0.717, 1.165) is 25.7 Å². The monoisotopic (exact) mass is 172 g/mol. The van der Waals surface area contributed by atoms with Crippen LogP contribution in [-0.2, 0) is 14.6 Å². The van der Waals surface area contributed by atoms with Gasteiger partial charge in [-0.25, -0.2) is 9.78 Å². The minimum atomic E-state index is -0.276. The van der Waals surface area contributed by atoms with E-state index >= 15 is 0 Å². The van der Waals surface area contributed by atoms with E-state index in [9.17, 15) is 4.79 Å². The van der Waals surface area contributed by atoms with E-state index in [1.54, 1.807) is 0 Å². The Bertz CT molecular complexity index is 139. The van der Waals surface area contributed by atoms with Crippen LogP contribution in [0.3, 0.4) is 0 Å². The van der Waals surface area contributed by atoms with Crippen LogP contribution < -0.4 is 0 Å². The summed E-state index contributed by atoms with van der Waals surface area (Å²) in [6.07, 6.45) is 4.35. The number of unbranched alkanes of at least 4 members (excludes halogenated alkanes) is 2. The number of carbonyl (C=O) groups is 1. The van der Waals surface area contributed by atoms with Crippen LogP contribution in [-0.4, -0.2) is 18.5 Å². The van der Waals surface area contributed by atoms with Crippen LogP contribution in [0, 0.1) is 0 Å².